The third kappa shape index (κ3) is 8.26. The molecule has 234 valence electrons. The van der Waals surface area contributed by atoms with Crippen LogP contribution in [-0.4, -0.2) is 32.0 Å². The molecule has 1 aromatic carbocycles. The maximum Gasteiger partial charge on any atom is 0.432 e. The summed E-state index contributed by atoms with van der Waals surface area (Å²) in [5.41, 5.74) is -2.48. The van der Waals surface area contributed by atoms with Crippen LogP contribution in [0.1, 0.15) is 61.8 Å². The van der Waals surface area contributed by atoms with E-state index in [0.717, 1.165) is 73.7 Å². The highest BCUT2D eigenvalue weighted by Crippen LogP contribution is 2.49. The van der Waals surface area contributed by atoms with Crippen LogP contribution in [0.4, 0.5) is 18.9 Å². The van der Waals surface area contributed by atoms with Crippen molar-refractivity contribution in [3.8, 4) is 24.0 Å². The van der Waals surface area contributed by atoms with Crippen LogP contribution in [0.2, 0.25) is 0 Å². The number of thiophene rings is 1. The van der Waals surface area contributed by atoms with Gasteiger partial charge in [-0.25, -0.2) is 0 Å². The molecule has 0 amide bonds. The van der Waals surface area contributed by atoms with E-state index in [1.54, 1.807) is 19.2 Å². The maximum atomic E-state index is 14.1. The summed E-state index contributed by atoms with van der Waals surface area (Å²) < 4.78 is 52.9. The number of hydrogen-bond donors (Lipinski definition) is 0. The lowest BCUT2D eigenvalue weighted by atomic mass is 9.92. The van der Waals surface area contributed by atoms with Crippen LogP contribution >= 0.6 is 11.3 Å². The molecule has 0 aliphatic carbocycles. The first-order valence-electron chi connectivity index (χ1n) is 14.6. The molecule has 0 saturated heterocycles. The molecule has 0 spiro atoms. The number of methoxy groups -OCH3 is 1. The summed E-state index contributed by atoms with van der Waals surface area (Å²) in [4.78, 5) is 3.90. The Morgan fingerprint density at radius 1 is 0.956 bits per heavy atom. The van der Waals surface area contributed by atoms with E-state index in [9.17, 15) is 29.0 Å². The molecule has 0 fully saturated rings. The molecular formula is C35H35F3N4O2S. The molecule has 45 heavy (non-hydrogen) atoms. The fourth-order valence-electron chi connectivity index (χ4n) is 4.66. The van der Waals surface area contributed by atoms with E-state index in [2.05, 4.69) is 30.9 Å². The van der Waals surface area contributed by atoms with Crippen molar-refractivity contribution in [3.05, 3.63) is 86.4 Å². The molecule has 0 N–H and O–H groups in total. The van der Waals surface area contributed by atoms with Crippen LogP contribution in [0.3, 0.4) is 0 Å². The standard InChI is InChI=1S/C35H35F3N4O2S/c1-5-7-19-42(20-8-6-2)27-14-13-25(32(21-27)43-4)11-9-10-12-28-15-16-29(45-28)17-18-31-30(24-41)33(26(22-39)23-40)44-34(31,3)35(36,37)38/h9-18,21H,5-8,19-20H2,1-4H3. The third-order valence-corrected chi connectivity index (χ3v) is 8.29. The summed E-state index contributed by atoms with van der Waals surface area (Å²) in [5.74, 6) is 0.112. The fraction of sp³-hybridized carbons (Fsp3) is 0.343. The van der Waals surface area contributed by atoms with E-state index in [1.807, 2.05) is 36.4 Å². The molecular weight excluding hydrogens is 597 g/mol. The SMILES string of the molecule is CCCCN(CCCC)c1ccc(C=CC=Cc2ccc(C=CC3=C(C#N)C(=C(C#N)C#N)OC3(C)C(F)(F)F)s2)c(OC)c1. The minimum atomic E-state index is -4.91. The molecule has 2 heterocycles. The minimum Gasteiger partial charge on any atom is -0.496 e. The zero-order valence-corrected chi connectivity index (χ0v) is 26.6. The van der Waals surface area contributed by atoms with Crippen molar-refractivity contribution in [1.82, 2.24) is 0 Å². The highest BCUT2D eigenvalue weighted by atomic mass is 32.1. The molecule has 1 atom stereocenters. The van der Waals surface area contributed by atoms with Crippen LogP contribution in [0, 0.1) is 34.0 Å². The predicted molar refractivity (Wildman–Crippen MR) is 173 cm³/mol. The molecule has 1 aliphatic rings. The lowest BCUT2D eigenvalue weighted by Gasteiger charge is -2.28. The second-order valence-corrected chi connectivity index (χ2v) is 11.5. The van der Waals surface area contributed by atoms with E-state index in [1.165, 1.54) is 29.6 Å². The summed E-state index contributed by atoms with van der Waals surface area (Å²) in [7, 11) is 1.66. The van der Waals surface area contributed by atoms with Crippen molar-refractivity contribution in [3.63, 3.8) is 0 Å². The van der Waals surface area contributed by atoms with Crippen LogP contribution in [0.25, 0.3) is 18.2 Å². The molecule has 0 bridgehead atoms. The minimum absolute atomic E-state index is 0.470. The van der Waals surface area contributed by atoms with Gasteiger partial charge in [-0.3, -0.25) is 0 Å². The highest BCUT2D eigenvalue weighted by Gasteiger charge is 2.60. The van der Waals surface area contributed by atoms with Gasteiger partial charge in [0.1, 0.15) is 29.5 Å². The Hall–Kier alpha value is -4.72. The first kappa shape index (κ1) is 34.8. The van der Waals surface area contributed by atoms with Crippen molar-refractivity contribution >= 4 is 35.3 Å². The van der Waals surface area contributed by atoms with Crippen molar-refractivity contribution < 1.29 is 22.6 Å². The normalized spacial score (nSPS) is 16.7. The predicted octanol–water partition coefficient (Wildman–Crippen LogP) is 9.38. The van der Waals surface area contributed by atoms with E-state index in [4.69, 9.17) is 9.47 Å². The Labute approximate surface area is 266 Å². The van der Waals surface area contributed by atoms with Gasteiger partial charge in [0.2, 0.25) is 5.60 Å². The van der Waals surface area contributed by atoms with Crippen molar-refractivity contribution in [2.75, 3.05) is 25.1 Å². The number of nitrogens with zero attached hydrogens (tertiary/aromatic N) is 4. The first-order chi connectivity index (χ1) is 21.6. The summed E-state index contributed by atoms with van der Waals surface area (Å²) in [5, 5.41) is 28.0. The molecule has 0 saturated carbocycles. The number of halogens is 3. The summed E-state index contributed by atoms with van der Waals surface area (Å²) >= 11 is 1.34. The van der Waals surface area contributed by atoms with Gasteiger partial charge in [-0.1, -0.05) is 51.0 Å². The number of allylic oxidation sites excluding steroid dienone is 4. The van der Waals surface area contributed by atoms with Gasteiger partial charge in [0.05, 0.1) is 7.11 Å². The lowest BCUT2D eigenvalue weighted by Crippen LogP contribution is -2.43. The second kappa shape index (κ2) is 15.8. The summed E-state index contributed by atoms with van der Waals surface area (Å²) in [6.45, 7) is 7.16. The Bertz CT molecular complexity index is 1620. The average molecular weight is 633 g/mol. The Morgan fingerprint density at radius 2 is 1.58 bits per heavy atom. The van der Waals surface area contributed by atoms with Gasteiger partial charge in [-0.05, 0) is 56.2 Å². The van der Waals surface area contributed by atoms with Crippen LogP contribution in [0.15, 0.2) is 71.0 Å². The van der Waals surface area contributed by atoms with Crippen molar-refractivity contribution in [2.45, 2.75) is 58.2 Å². The molecule has 6 nitrogen and oxygen atoms in total. The van der Waals surface area contributed by atoms with E-state index < -0.39 is 34.3 Å². The largest absolute Gasteiger partial charge is 0.496 e. The van der Waals surface area contributed by atoms with E-state index in [0.29, 0.717) is 4.88 Å². The van der Waals surface area contributed by atoms with Crippen molar-refractivity contribution in [2.24, 2.45) is 0 Å². The van der Waals surface area contributed by atoms with Gasteiger partial charge < -0.3 is 14.4 Å². The lowest BCUT2D eigenvalue weighted by molar-refractivity contribution is -0.236. The summed E-state index contributed by atoms with van der Waals surface area (Å²) in [6.07, 6.45) is 9.81. The van der Waals surface area contributed by atoms with E-state index >= 15 is 0 Å². The Balaban J connectivity index is 1.80. The quantitative estimate of drug-likeness (QED) is 0.161. The number of benzene rings is 1. The Morgan fingerprint density at radius 3 is 2.13 bits per heavy atom. The zero-order chi connectivity index (χ0) is 33.0. The van der Waals surface area contributed by atoms with Gasteiger partial charge in [0, 0.05) is 45.7 Å². The number of anilines is 1. The van der Waals surface area contributed by atoms with Crippen LogP contribution < -0.4 is 9.64 Å². The van der Waals surface area contributed by atoms with Crippen molar-refractivity contribution in [1.29, 1.82) is 15.8 Å². The molecule has 10 heteroatoms. The molecule has 0 radical (unpaired) electrons. The third-order valence-electron chi connectivity index (χ3n) is 7.27. The first-order valence-corrected chi connectivity index (χ1v) is 15.4. The van der Waals surface area contributed by atoms with Gasteiger partial charge in [0.25, 0.3) is 0 Å². The van der Waals surface area contributed by atoms with E-state index in [-0.39, 0.29) is 0 Å². The molecule has 1 unspecified atom stereocenters. The number of unbranched alkanes of at least 4 members (excludes halogenated alkanes) is 2. The molecule has 1 aromatic heterocycles. The topological polar surface area (TPSA) is 93.1 Å². The van der Waals surface area contributed by atoms with Gasteiger partial charge >= 0.3 is 6.18 Å². The monoisotopic (exact) mass is 632 g/mol. The zero-order valence-electron chi connectivity index (χ0n) is 25.7. The molecule has 1 aliphatic heterocycles. The second-order valence-electron chi connectivity index (χ2n) is 10.4. The average Bonchev–Trinajstić information content (AvgIpc) is 3.60. The number of alkyl halides is 3. The van der Waals surface area contributed by atoms with Crippen LogP contribution in [0.5, 0.6) is 5.75 Å². The van der Waals surface area contributed by atoms with Gasteiger partial charge in [-0.15, -0.1) is 11.3 Å². The number of nitriles is 3. The fourth-order valence-corrected chi connectivity index (χ4v) is 5.49. The number of hydrogen-bond acceptors (Lipinski definition) is 7. The smallest absolute Gasteiger partial charge is 0.432 e. The molecule has 2 aromatic rings. The highest BCUT2D eigenvalue weighted by molar-refractivity contribution is 7.13. The Kier molecular flexibility index (Phi) is 12.2. The van der Waals surface area contributed by atoms with Gasteiger partial charge in [-0.2, -0.15) is 29.0 Å². The number of ether oxygens (including phenoxy) is 2. The van der Waals surface area contributed by atoms with Crippen LogP contribution in [-0.2, 0) is 4.74 Å². The number of rotatable bonds is 13. The molecule has 3 rings (SSSR count). The maximum absolute atomic E-state index is 14.1. The summed E-state index contributed by atoms with van der Waals surface area (Å²) in [6, 6.07) is 14.5. The van der Waals surface area contributed by atoms with Gasteiger partial charge in [0.15, 0.2) is 11.3 Å².